The largest absolute Gasteiger partial charge is 0.433 e. The van der Waals surface area contributed by atoms with E-state index in [-0.39, 0.29) is 5.15 Å². The maximum Gasteiger partial charge on any atom is 0.433 e. The van der Waals surface area contributed by atoms with Crippen molar-refractivity contribution in [1.29, 1.82) is 0 Å². The molecule has 0 atom stereocenters. The van der Waals surface area contributed by atoms with Crippen molar-refractivity contribution in [3.8, 4) is 0 Å². The molecule has 0 bridgehead atoms. The van der Waals surface area contributed by atoms with Gasteiger partial charge in [0.2, 0.25) is 0 Å². The Kier molecular flexibility index (Phi) is 4.06. The van der Waals surface area contributed by atoms with Gasteiger partial charge in [0, 0.05) is 5.56 Å². The summed E-state index contributed by atoms with van der Waals surface area (Å²) in [6.07, 6.45) is 0.234. The number of hydrogen-bond donors (Lipinski definition) is 1. The van der Waals surface area contributed by atoms with Gasteiger partial charge in [-0.2, -0.15) is 13.2 Å². The highest BCUT2D eigenvalue weighted by molar-refractivity contribution is 6.30. The second-order valence-electron chi connectivity index (χ2n) is 4.98. The third kappa shape index (κ3) is 3.20. The molecule has 1 saturated carbocycles. The summed E-state index contributed by atoms with van der Waals surface area (Å²) in [5.74, 6) is 0. The third-order valence-corrected chi connectivity index (χ3v) is 3.86. The summed E-state index contributed by atoms with van der Waals surface area (Å²) < 4.78 is 37.6. The molecule has 106 valence electrons. The second-order valence-corrected chi connectivity index (χ2v) is 5.34. The molecule has 0 radical (unpaired) electrons. The van der Waals surface area contributed by atoms with Crippen molar-refractivity contribution in [3.63, 3.8) is 0 Å². The third-order valence-electron chi connectivity index (χ3n) is 3.57. The van der Waals surface area contributed by atoms with Gasteiger partial charge < -0.3 is 5.11 Å². The van der Waals surface area contributed by atoms with Crippen molar-refractivity contribution in [2.75, 3.05) is 0 Å². The van der Waals surface area contributed by atoms with Gasteiger partial charge in [-0.05, 0) is 18.9 Å². The first kappa shape index (κ1) is 14.6. The quantitative estimate of drug-likeness (QED) is 0.619. The van der Waals surface area contributed by atoms with Crippen LogP contribution >= 0.6 is 11.6 Å². The van der Waals surface area contributed by atoms with Crippen LogP contribution in [-0.2, 0) is 11.8 Å². The summed E-state index contributed by atoms with van der Waals surface area (Å²) in [5, 5.41) is 10.3. The van der Waals surface area contributed by atoms with E-state index in [1.807, 2.05) is 0 Å². The summed E-state index contributed by atoms with van der Waals surface area (Å²) in [4.78, 5) is 3.38. The zero-order valence-electron chi connectivity index (χ0n) is 10.3. The van der Waals surface area contributed by atoms with Gasteiger partial charge in [-0.25, -0.2) is 4.98 Å². The molecule has 1 fully saturated rings. The number of alkyl halides is 3. The Morgan fingerprint density at radius 3 is 2.16 bits per heavy atom. The summed E-state index contributed by atoms with van der Waals surface area (Å²) in [6.45, 7) is 0. The van der Waals surface area contributed by atoms with Gasteiger partial charge in [-0.1, -0.05) is 43.4 Å². The van der Waals surface area contributed by atoms with Crippen LogP contribution in [0.4, 0.5) is 13.2 Å². The zero-order chi connectivity index (χ0) is 14.1. The van der Waals surface area contributed by atoms with Crippen LogP contribution in [0.15, 0.2) is 12.1 Å². The van der Waals surface area contributed by atoms with E-state index in [1.165, 1.54) is 6.07 Å². The van der Waals surface area contributed by atoms with E-state index in [9.17, 15) is 18.3 Å². The molecule has 1 N–H and O–H groups in total. The molecular weight excluding hydrogens is 279 g/mol. The van der Waals surface area contributed by atoms with Crippen LogP contribution in [0.5, 0.6) is 0 Å². The van der Waals surface area contributed by atoms with Gasteiger partial charge in [0.15, 0.2) is 0 Å². The topological polar surface area (TPSA) is 33.1 Å². The average molecular weight is 294 g/mol. The van der Waals surface area contributed by atoms with Crippen molar-refractivity contribution < 1.29 is 18.3 Å². The Hall–Kier alpha value is -0.810. The minimum Gasteiger partial charge on any atom is -0.385 e. The molecule has 0 unspecified atom stereocenters. The second kappa shape index (κ2) is 5.29. The number of aromatic nitrogens is 1. The van der Waals surface area contributed by atoms with Gasteiger partial charge in [0.1, 0.15) is 10.8 Å². The highest BCUT2D eigenvalue weighted by atomic mass is 35.5. The van der Waals surface area contributed by atoms with Crippen LogP contribution in [0.2, 0.25) is 5.15 Å². The van der Waals surface area contributed by atoms with Crippen LogP contribution in [0, 0.1) is 0 Å². The van der Waals surface area contributed by atoms with Gasteiger partial charge >= 0.3 is 6.18 Å². The fraction of sp³-hybridized carbons (Fsp3) is 0.615. The van der Waals surface area contributed by atoms with Crippen LogP contribution in [0.3, 0.4) is 0 Å². The number of halogens is 4. The predicted octanol–water partition coefficient (Wildman–Crippen LogP) is 4.30. The van der Waals surface area contributed by atoms with Crippen molar-refractivity contribution in [2.24, 2.45) is 0 Å². The first-order valence-corrected chi connectivity index (χ1v) is 6.67. The lowest BCUT2D eigenvalue weighted by Crippen LogP contribution is -2.26. The van der Waals surface area contributed by atoms with Crippen molar-refractivity contribution >= 4 is 11.6 Å². The molecule has 0 amide bonds. The molecule has 1 aliphatic rings. The first-order chi connectivity index (χ1) is 8.83. The lowest BCUT2D eigenvalue weighted by Gasteiger charge is -2.28. The molecule has 1 aromatic heterocycles. The molecular formula is C13H15ClF3NO. The highest BCUT2D eigenvalue weighted by Gasteiger charge is 2.36. The molecule has 2 nitrogen and oxygen atoms in total. The summed E-state index contributed by atoms with van der Waals surface area (Å²) in [7, 11) is 0. The highest BCUT2D eigenvalue weighted by Crippen LogP contribution is 2.39. The van der Waals surface area contributed by atoms with E-state index < -0.39 is 17.5 Å². The van der Waals surface area contributed by atoms with Gasteiger partial charge in [-0.15, -0.1) is 0 Å². The summed E-state index contributed by atoms with van der Waals surface area (Å²) >= 11 is 5.84. The number of aliphatic hydroxyl groups is 1. The number of pyridine rings is 1. The Morgan fingerprint density at radius 2 is 1.68 bits per heavy atom. The van der Waals surface area contributed by atoms with Gasteiger partial charge in [0.05, 0.1) is 5.60 Å². The molecule has 0 aromatic carbocycles. The fourth-order valence-corrected chi connectivity index (χ4v) is 2.85. The van der Waals surface area contributed by atoms with Crippen molar-refractivity contribution in [2.45, 2.75) is 50.3 Å². The SMILES string of the molecule is OC1(c2ccc(C(F)(F)F)nc2Cl)CCCCCC1. The minimum atomic E-state index is -4.52. The van der Waals surface area contributed by atoms with E-state index in [0.29, 0.717) is 18.4 Å². The lowest BCUT2D eigenvalue weighted by atomic mass is 9.87. The van der Waals surface area contributed by atoms with E-state index >= 15 is 0 Å². The molecule has 0 saturated heterocycles. The molecule has 1 heterocycles. The molecule has 19 heavy (non-hydrogen) atoms. The average Bonchev–Trinajstić information content (AvgIpc) is 2.53. The maximum absolute atomic E-state index is 12.5. The normalized spacial score (nSPS) is 20.1. The van der Waals surface area contributed by atoms with Crippen LogP contribution < -0.4 is 0 Å². The Bertz CT molecular complexity index is 454. The first-order valence-electron chi connectivity index (χ1n) is 6.29. The predicted molar refractivity (Wildman–Crippen MR) is 65.8 cm³/mol. The molecule has 0 aliphatic heterocycles. The summed E-state index contributed by atoms with van der Waals surface area (Å²) in [6, 6.07) is 2.13. The Labute approximate surface area is 114 Å². The molecule has 1 aromatic rings. The minimum absolute atomic E-state index is 0.251. The van der Waals surface area contributed by atoms with Crippen LogP contribution in [0.1, 0.15) is 49.8 Å². The number of nitrogens with zero attached hydrogens (tertiary/aromatic N) is 1. The van der Waals surface area contributed by atoms with Gasteiger partial charge in [-0.3, -0.25) is 0 Å². The Balaban J connectivity index is 2.34. The zero-order valence-corrected chi connectivity index (χ0v) is 11.1. The maximum atomic E-state index is 12.5. The van der Waals surface area contributed by atoms with Crippen LogP contribution in [0.25, 0.3) is 0 Å². The van der Waals surface area contributed by atoms with E-state index in [0.717, 1.165) is 31.7 Å². The standard InChI is InChI=1S/C13H15ClF3NO/c14-11-9(5-6-10(18-11)13(15,16)17)12(19)7-3-1-2-4-8-12/h5-6,19H,1-4,7-8H2. The molecule has 0 spiro atoms. The lowest BCUT2D eigenvalue weighted by molar-refractivity contribution is -0.141. The molecule has 1 aliphatic carbocycles. The number of hydrogen-bond acceptors (Lipinski definition) is 2. The molecule has 6 heteroatoms. The van der Waals surface area contributed by atoms with E-state index in [4.69, 9.17) is 11.6 Å². The Morgan fingerprint density at radius 1 is 1.11 bits per heavy atom. The molecule has 2 rings (SSSR count). The smallest absolute Gasteiger partial charge is 0.385 e. The number of rotatable bonds is 1. The van der Waals surface area contributed by atoms with Crippen LogP contribution in [-0.4, -0.2) is 10.1 Å². The van der Waals surface area contributed by atoms with E-state index in [2.05, 4.69) is 4.98 Å². The summed E-state index contributed by atoms with van der Waals surface area (Å²) in [5.41, 5.74) is -1.87. The van der Waals surface area contributed by atoms with Gasteiger partial charge in [0.25, 0.3) is 0 Å². The fourth-order valence-electron chi connectivity index (χ4n) is 2.52. The monoisotopic (exact) mass is 293 g/mol. The van der Waals surface area contributed by atoms with E-state index in [1.54, 1.807) is 0 Å². The van der Waals surface area contributed by atoms with Crippen molar-refractivity contribution in [1.82, 2.24) is 4.98 Å². The van der Waals surface area contributed by atoms with Crippen molar-refractivity contribution in [3.05, 3.63) is 28.5 Å².